The number of nitrogens with zero attached hydrogens (tertiary/aromatic N) is 1. The molecule has 0 bridgehead atoms. The zero-order valence-corrected chi connectivity index (χ0v) is 11.3. The standard InChI is InChI=1S/C14H18N2O4/c1-19-9-11(17)8-15-14(18)13-7-12(16-20-13)10-5-3-2-4-6-10/h2-6,11,13,17H,7-9H2,1H3,(H,15,18). The van der Waals surface area contributed by atoms with Crippen LogP contribution in [0.5, 0.6) is 0 Å². The normalized spacial score (nSPS) is 19.1. The van der Waals surface area contributed by atoms with Gasteiger partial charge in [0, 0.05) is 20.1 Å². The van der Waals surface area contributed by atoms with Gasteiger partial charge in [-0.25, -0.2) is 0 Å². The Morgan fingerprint density at radius 1 is 1.55 bits per heavy atom. The first-order valence-electron chi connectivity index (χ1n) is 6.43. The van der Waals surface area contributed by atoms with Crippen LogP contribution in [0.4, 0.5) is 0 Å². The van der Waals surface area contributed by atoms with E-state index in [1.807, 2.05) is 30.3 Å². The summed E-state index contributed by atoms with van der Waals surface area (Å²) >= 11 is 0. The van der Waals surface area contributed by atoms with E-state index in [0.717, 1.165) is 11.3 Å². The molecule has 2 atom stereocenters. The number of hydrogen-bond donors (Lipinski definition) is 2. The zero-order valence-electron chi connectivity index (χ0n) is 11.3. The highest BCUT2D eigenvalue weighted by molar-refractivity contribution is 6.04. The van der Waals surface area contributed by atoms with Gasteiger partial charge in [-0.3, -0.25) is 4.79 Å². The van der Waals surface area contributed by atoms with Crippen molar-refractivity contribution in [3.63, 3.8) is 0 Å². The summed E-state index contributed by atoms with van der Waals surface area (Å²) in [6.07, 6.45) is -0.934. The van der Waals surface area contributed by atoms with Crippen LogP contribution in [0.25, 0.3) is 0 Å². The average molecular weight is 278 g/mol. The van der Waals surface area contributed by atoms with E-state index in [2.05, 4.69) is 10.5 Å². The van der Waals surface area contributed by atoms with Gasteiger partial charge in [0.1, 0.15) is 0 Å². The van der Waals surface area contributed by atoms with Gasteiger partial charge in [-0.2, -0.15) is 0 Å². The molecule has 108 valence electrons. The second-order valence-corrected chi connectivity index (χ2v) is 4.56. The minimum atomic E-state index is -0.722. The van der Waals surface area contributed by atoms with Crippen molar-refractivity contribution in [2.45, 2.75) is 18.6 Å². The van der Waals surface area contributed by atoms with Gasteiger partial charge in [-0.05, 0) is 5.56 Å². The molecule has 1 aliphatic rings. The van der Waals surface area contributed by atoms with Crippen molar-refractivity contribution in [2.75, 3.05) is 20.3 Å². The van der Waals surface area contributed by atoms with E-state index in [9.17, 15) is 9.90 Å². The molecule has 1 amide bonds. The molecule has 0 spiro atoms. The highest BCUT2D eigenvalue weighted by atomic mass is 16.6. The van der Waals surface area contributed by atoms with E-state index in [0.29, 0.717) is 6.42 Å². The van der Waals surface area contributed by atoms with Crippen molar-refractivity contribution in [1.29, 1.82) is 0 Å². The third kappa shape index (κ3) is 3.79. The molecule has 0 saturated carbocycles. The topological polar surface area (TPSA) is 80.2 Å². The SMILES string of the molecule is COCC(O)CNC(=O)C1CC(c2ccccc2)=NO1. The first kappa shape index (κ1) is 14.5. The maximum Gasteiger partial charge on any atom is 0.264 e. The average Bonchev–Trinajstić information content (AvgIpc) is 2.96. The highest BCUT2D eigenvalue weighted by Gasteiger charge is 2.28. The van der Waals surface area contributed by atoms with Crippen LogP contribution in [0.1, 0.15) is 12.0 Å². The van der Waals surface area contributed by atoms with Crippen molar-refractivity contribution in [3.8, 4) is 0 Å². The number of oxime groups is 1. The molecule has 0 saturated heterocycles. The van der Waals surface area contributed by atoms with Crippen LogP contribution >= 0.6 is 0 Å². The number of rotatable bonds is 6. The Morgan fingerprint density at radius 2 is 2.30 bits per heavy atom. The minimum Gasteiger partial charge on any atom is -0.389 e. The number of carbonyl (C=O) groups excluding carboxylic acids is 1. The van der Waals surface area contributed by atoms with Crippen LogP contribution in [0.2, 0.25) is 0 Å². The predicted octanol–water partition coefficient (Wildman–Crippen LogP) is 0.303. The third-order valence-electron chi connectivity index (χ3n) is 2.94. The van der Waals surface area contributed by atoms with Crippen LogP contribution in [0.15, 0.2) is 35.5 Å². The second kappa shape index (κ2) is 7.02. The Balaban J connectivity index is 1.81. The van der Waals surface area contributed by atoms with Crippen LogP contribution in [0, 0.1) is 0 Å². The number of benzene rings is 1. The lowest BCUT2D eigenvalue weighted by Crippen LogP contribution is -2.40. The Bertz CT molecular complexity index is 475. The van der Waals surface area contributed by atoms with E-state index < -0.39 is 12.2 Å². The smallest absolute Gasteiger partial charge is 0.264 e. The van der Waals surface area contributed by atoms with E-state index in [1.165, 1.54) is 7.11 Å². The van der Waals surface area contributed by atoms with Crippen molar-refractivity contribution >= 4 is 11.6 Å². The van der Waals surface area contributed by atoms with Crippen LogP contribution in [0.3, 0.4) is 0 Å². The molecule has 1 aliphatic heterocycles. The first-order chi connectivity index (χ1) is 9.70. The summed E-state index contributed by atoms with van der Waals surface area (Å²) in [5, 5.41) is 16.0. The number of carbonyl (C=O) groups is 1. The molecule has 0 radical (unpaired) electrons. The van der Waals surface area contributed by atoms with Crippen molar-refractivity contribution in [2.24, 2.45) is 5.16 Å². The van der Waals surface area contributed by atoms with Gasteiger partial charge in [0.05, 0.1) is 18.4 Å². The number of aliphatic hydroxyl groups excluding tert-OH is 1. The molecular formula is C14H18N2O4. The van der Waals surface area contributed by atoms with Crippen LogP contribution in [-0.2, 0) is 14.4 Å². The molecule has 1 aromatic rings. The Kier molecular flexibility index (Phi) is 5.09. The summed E-state index contributed by atoms with van der Waals surface area (Å²) in [6.45, 7) is 0.310. The van der Waals surface area contributed by atoms with Gasteiger partial charge in [0.15, 0.2) is 0 Å². The molecule has 1 aromatic carbocycles. The lowest BCUT2D eigenvalue weighted by molar-refractivity contribution is -0.131. The van der Waals surface area contributed by atoms with E-state index >= 15 is 0 Å². The molecule has 6 nitrogen and oxygen atoms in total. The van der Waals surface area contributed by atoms with Gasteiger partial charge < -0.3 is 20.0 Å². The van der Waals surface area contributed by atoms with E-state index in [4.69, 9.17) is 9.57 Å². The van der Waals surface area contributed by atoms with E-state index in [-0.39, 0.29) is 19.1 Å². The largest absolute Gasteiger partial charge is 0.389 e. The molecule has 0 aromatic heterocycles. The number of amides is 1. The molecule has 0 aliphatic carbocycles. The lowest BCUT2D eigenvalue weighted by atomic mass is 10.0. The van der Waals surface area contributed by atoms with Crippen molar-refractivity contribution < 1.29 is 19.5 Å². The molecule has 2 N–H and O–H groups in total. The fourth-order valence-corrected chi connectivity index (χ4v) is 1.90. The van der Waals surface area contributed by atoms with Gasteiger partial charge in [0.2, 0.25) is 6.10 Å². The predicted molar refractivity (Wildman–Crippen MR) is 73.4 cm³/mol. The van der Waals surface area contributed by atoms with Gasteiger partial charge in [0.25, 0.3) is 5.91 Å². The van der Waals surface area contributed by atoms with Gasteiger partial charge in [-0.15, -0.1) is 0 Å². The number of ether oxygens (including phenoxy) is 1. The Morgan fingerprint density at radius 3 is 3.00 bits per heavy atom. The molecule has 2 unspecified atom stereocenters. The summed E-state index contributed by atoms with van der Waals surface area (Å²) < 4.78 is 4.78. The third-order valence-corrected chi connectivity index (χ3v) is 2.94. The molecule has 20 heavy (non-hydrogen) atoms. The number of methoxy groups -OCH3 is 1. The van der Waals surface area contributed by atoms with Crippen LogP contribution < -0.4 is 5.32 Å². The number of aliphatic hydroxyl groups is 1. The van der Waals surface area contributed by atoms with Crippen LogP contribution in [-0.4, -0.2) is 49.2 Å². The Labute approximate surface area is 117 Å². The minimum absolute atomic E-state index is 0.132. The maximum atomic E-state index is 11.9. The molecule has 6 heteroatoms. The summed E-state index contributed by atoms with van der Waals surface area (Å²) in [5.74, 6) is -0.283. The second-order valence-electron chi connectivity index (χ2n) is 4.56. The summed E-state index contributed by atoms with van der Waals surface area (Å²) in [7, 11) is 1.49. The summed E-state index contributed by atoms with van der Waals surface area (Å²) in [4.78, 5) is 17.0. The molecule has 0 fully saturated rings. The first-order valence-corrected chi connectivity index (χ1v) is 6.43. The monoisotopic (exact) mass is 278 g/mol. The van der Waals surface area contributed by atoms with E-state index in [1.54, 1.807) is 0 Å². The fraction of sp³-hybridized carbons (Fsp3) is 0.429. The molecule has 2 rings (SSSR count). The van der Waals surface area contributed by atoms with Gasteiger partial charge in [-0.1, -0.05) is 35.5 Å². The van der Waals surface area contributed by atoms with Crippen molar-refractivity contribution in [3.05, 3.63) is 35.9 Å². The molecular weight excluding hydrogens is 260 g/mol. The quantitative estimate of drug-likeness (QED) is 0.784. The Hall–Kier alpha value is -1.92. The van der Waals surface area contributed by atoms with Crippen molar-refractivity contribution in [1.82, 2.24) is 5.32 Å². The lowest BCUT2D eigenvalue weighted by Gasteiger charge is -2.12. The summed E-state index contributed by atoms with van der Waals surface area (Å²) in [5.41, 5.74) is 1.70. The molecule has 1 heterocycles. The van der Waals surface area contributed by atoms with Gasteiger partial charge >= 0.3 is 0 Å². The number of hydrogen-bond acceptors (Lipinski definition) is 5. The fourth-order valence-electron chi connectivity index (χ4n) is 1.90. The zero-order chi connectivity index (χ0) is 14.4. The number of nitrogens with one attached hydrogen (secondary N) is 1. The highest BCUT2D eigenvalue weighted by Crippen LogP contribution is 2.16. The maximum absolute atomic E-state index is 11.9. The summed E-state index contributed by atoms with van der Waals surface area (Å²) in [6, 6.07) is 9.58.